The van der Waals surface area contributed by atoms with Crippen molar-refractivity contribution in [2.24, 2.45) is 0 Å². The average Bonchev–Trinajstić information content (AvgIpc) is 2.42. The van der Waals surface area contributed by atoms with Crippen LogP contribution in [-0.2, 0) is 19.5 Å². The molecule has 0 spiro atoms. The van der Waals surface area contributed by atoms with Gasteiger partial charge in [-0.25, -0.2) is 0 Å². The van der Waals surface area contributed by atoms with Crippen molar-refractivity contribution in [3.63, 3.8) is 0 Å². The van der Waals surface area contributed by atoms with E-state index in [1.54, 1.807) is 0 Å². The number of fused-ring (bicyclic) bond motifs is 1. The lowest BCUT2D eigenvalue weighted by molar-refractivity contribution is 0.241. The second kappa shape index (κ2) is 5.58. The molecule has 110 valence electrons. The summed E-state index contributed by atoms with van der Waals surface area (Å²) in [5.74, 6) is 0. The van der Waals surface area contributed by atoms with Gasteiger partial charge in [0.1, 0.15) is 0 Å². The largest absolute Gasteiger partial charge is 0.335 e. The quantitative estimate of drug-likeness (QED) is 0.838. The highest BCUT2D eigenvalue weighted by Crippen LogP contribution is 2.18. The van der Waals surface area contributed by atoms with Crippen molar-refractivity contribution in [2.45, 2.75) is 33.4 Å². The standard InChI is InChI=1S/C16H19N3OS/c1-10-3-4-12(11(2)7-10)8-19-6-5-14-13(9-19)15(20)18-16(21)17-14/h3-4,7H,5-6,8-9H2,1-2H3,(H2,17,18,20,21). The van der Waals surface area contributed by atoms with Crippen molar-refractivity contribution in [1.29, 1.82) is 0 Å². The van der Waals surface area contributed by atoms with Crippen LogP contribution in [0.3, 0.4) is 0 Å². The molecule has 4 nitrogen and oxygen atoms in total. The molecule has 0 atom stereocenters. The van der Waals surface area contributed by atoms with E-state index in [0.29, 0.717) is 11.3 Å². The molecule has 2 N–H and O–H groups in total. The Balaban J connectivity index is 1.83. The summed E-state index contributed by atoms with van der Waals surface area (Å²) < 4.78 is 0.418. The maximum atomic E-state index is 12.0. The Kier molecular flexibility index (Phi) is 3.78. The number of aryl methyl sites for hydroxylation is 2. The number of aromatic amines is 2. The first kappa shape index (κ1) is 14.2. The first-order valence-corrected chi connectivity index (χ1v) is 7.56. The average molecular weight is 301 g/mol. The second-order valence-corrected chi connectivity index (χ2v) is 6.16. The molecule has 1 aromatic heterocycles. The number of hydrogen-bond acceptors (Lipinski definition) is 3. The number of H-pyrrole nitrogens is 2. The van der Waals surface area contributed by atoms with Crippen molar-refractivity contribution in [3.8, 4) is 0 Å². The minimum absolute atomic E-state index is 0.0564. The van der Waals surface area contributed by atoms with Gasteiger partial charge in [-0.2, -0.15) is 0 Å². The van der Waals surface area contributed by atoms with Crippen LogP contribution >= 0.6 is 12.2 Å². The molecule has 0 saturated heterocycles. The minimum Gasteiger partial charge on any atom is -0.335 e. The van der Waals surface area contributed by atoms with Crippen LogP contribution in [0.15, 0.2) is 23.0 Å². The van der Waals surface area contributed by atoms with Crippen molar-refractivity contribution in [2.75, 3.05) is 6.54 Å². The van der Waals surface area contributed by atoms with Crippen LogP contribution in [0.25, 0.3) is 0 Å². The summed E-state index contributed by atoms with van der Waals surface area (Å²) in [6, 6.07) is 6.53. The number of nitrogens with zero attached hydrogens (tertiary/aromatic N) is 1. The van der Waals surface area contributed by atoms with E-state index in [0.717, 1.165) is 30.8 Å². The lowest BCUT2D eigenvalue weighted by atomic mass is 10.0. The van der Waals surface area contributed by atoms with Gasteiger partial charge >= 0.3 is 0 Å². The van der Waals surface area contributed by atoms with Crippen LogP contribution < -0.4 is 5.56 Å². The van der Waals surface area contributed by atoms with Crippen LogP contribution in [-0.4, -0.2) is 21.4 Å². The van der Waals surface area contributed by atoms with Crippen LogP contribution in [0.5, 0.6) is 0 Å². The maximum absolute atomic E-state index is 12.0. The normalized spacial score (nSPS) is 15.0. The van der Waals surface area contributed by atoms with Crippen molar-refractivity contribution >= 4 is 12.2 Å². The fourth-order valence-electron chi connectivity index (χ4n) is 2.91. The fourth-order valence-corrected chi connectivity index (χ4v) is 3.13. The van der Waals surface area contributed by atoms with E-state index in [9.17, 15) is 4.79 Å². The van der Waals surface area contributed by atoms with Crippen LogP contribution in [0.2, 0.25) is 0 Å². The van der Waals surface area contributed by atoms with Gasteiger partial charge in [0.05, 0.1) is 5.56 Å². The van der Waals surface area contributed by atoms with Crippen molar-refractivity contribution < 1.29 is 0 Å². The molecule has 1 aliphatic rings. The predicted octanol–water partition coefficient (Wildman–Crippen LogP) is 2.61. The third kappa shape index (κ3) is 2.99. The van der Waals surface area contributed by atoms with Gasteiger partial charge in [0.2, 0.25) is 0 Å². The van der Waals surface area contributed by atoms with E-state index in [-0.39, 0.29) is 5.56 Å². The lowest BCUT2D eigenvalue weighted by Gasteiger charge is -2.28. The van der Waals surface area contributed by atoms with Crippen LogP contribution in [0.1, 0.15) is 27.9 Å². The molecule has 0 bridgehead atoms. The number of hydrogen-bond donors (Lipinski definition) is 2. The highest BCUT2D eigenvalue weighted by Gasteiger charge is 2.20. The molecule has 3 rings (SSSR count). The topological polar surface area (TPSA) is 51.9 Å². The SMILES string of the molecule is Cc1ccc(CN2CCc3[nH]c(=S)[nH]c(=O)c3C2)c(C)c1. The molecule has 0 unspecified atom stereocenters. The fraction of sp³-hybridized carbons (Fsp3) is 0.375. The summed E-state index contributed by atoms with van der Waals surface area (Å²) in [6.07, 6.45) is 0.841. The Hall–Kier alpha value is -1.72. The van der Waals surface area contributed by atoms with Gasteiger partial charge in [-0.15, -0.1) is 0 Å². The summed E-state index contributed by atoms with van der Waals surface area (Å²) in [5, 5.41) is 0. The molecule has 21 heavy (non-hydrogen) atoms. The number of rotatable bonds is 2. The monoisotopic (exact) mass is 301 g/mol. The zero-order valence-electron chi connectivity index (χ0n) is 12.3. The van der Waals surface area contributed by atoms with Gasteiger partial charge in [0.25, 0.3) is 5.56 Å². The first-order chi connectivity index (χ1) is 10.0. The summed E-state index contributed by atoms with van der Waals surface area (Å²) >= 11 is 5.02. The Bertz CT molecular complexity index is 791. The van der Waals surface area contributed by atoms with Gasteiger partial charge < -0.3 is 4.98 Å². The van der Waals surface area contributed by atoms with Gasteiger partial charge in [0.15, 0.2) is 4.77 Å². The maximum Gasteiger partial charge on any atom is 0.256 e. The van der Waals surface area contributed by atoms with Crippen LogP contribution in [0.4, 0.5) is 0 Å². The zero-order chi connectivity index (χ0) is 15.0. The van der Waals surface area contributed by atoms with E-state index in [1.165, 1.54) is 16.7 Å². The molecule has 0 saturated carbocycles. The number of nitrogens with one attached hydrogen (secondary N) is 2. The van der Waals surface area contributed by atoms with Gasteiger partial charge in [-0.05, 0) is 37.2 Å². The van der Waals surface area contributed by atoms with Gasteiger partial charge in [0, 0.05) is 31.7 Å². The van der Waals surface area contributed by atoms with E-state index in [2.05, 4.69) is 46.9 Å². The van der Waals surface area contributed by atoms with E-state index in [4.69, 9.17) is 12.2 Å². The molecule has 0 radical (unpaired) electrons. The van der Waals surface area contributed by atoms with E-state index < -0.39 is 0 Å². The number of aromatic nitrogens is 2. The highest BCUT2D eigenvalue weighted by atomic mass is 32.1. The predicted molar refractivity (Wildman–Crippen MR) is 86.0 cm³/mol. The summed E-state index contributed by atoms with van der Waals surface area (Å²) in [6.45, 7) is 6.74. The summed E-state index contributed by atoms with van der Waals surface area (Å²) in [7, 11) is 0. The molecule has 1 aliphatic heterocycles. The molecule has 0 aliphatic carbocycles. The molecule has 0 fully saturated rings. The molecule has 0 amide bonds. The molecular weight excluding hydrogens is 282 g/mol. The Morgan fingerprint density at radius 2 is 2.10 bits per heavy atom. The summed E-state index contributed by atoms with van der Waals surface area (Å²) in [5.41, 5.74) is 5.66. The first-order valence-electron chi connectivity index (χ1n) is 7.16. The second-order valence-electron chi connectivity index (χ2n) is 5.76. The Morgan fingerprint density at radius 3 is 2.86 bits per heavy atom. The smallest absolute Gasteiger partial charge is 0.256 e. The van der Waals surface area contributed by atoms with E-state index in [1.807, 2.05) is 0 Å². The molecule has 2 aromatic rings. The number of benzene rings is 1. The van der Waals surface area contributed by atoms with Crippen molar-refractivity contribution in [3.05, 3.63) is 61.3 Å². The van der Waals surface area contributed by atoms with Gasteiger partial charge in [-0.1, -0.05) is 23.8 Å². The van der Waals surface area contributed by atoms with E-state index >= 15 is 0 Å². The van der Waals surface area contributed by atoms with Crippen molar-refractivity contribution in [1.82, 2.24) is 14.9 Å². The van der Waals surface area contributed by atoms with Crippen LogP contribution in [0, 0.1) is 18.6 Å². The highest BCUT2D eigenvalue weighted by molar-refractivity contribution is 7.71. The van der Waals surface area contributed by atoms with Gasteiger partial charge in [-0.3, -0.25) is 14.7 Å². The Morgan fingerprint density at radius 1 is 1.29 bits per heavy atom. The lowest BCUT2D eigenvalue weighted by Crippen LogP contribution is -2.35. The zero-order valence-corrected chi connectivity index (χ0v) is 13.1. The Labute approximate surface area is 128 Å². The molecule has 5 heteroatoms. The minimum atomic E-state index is -0.0564. The molecule has 1 aromatic carbocycles. The summed E-state index contributed by atoms with van der Waals surface area (Å²) in [4.78, 5) is 20.1. The molecular formula is C16H19N3OS. The molecule has 2 heterocycles. The third-order valence-corrected chi connectivity index (χ3v) is 4.29. The third-order valence-electron chi connectivity index (χ3n) is 4.08.